The lowest BCUT2D eigenvalue weighted by atomic mass is 10.1. The second kappa shape index (κ2) is 8.45. The number of hydrogen-bond acceptors (Lipinski definition) is 6. The van der Waals surface area contributed by atoms with Gasteiger partial charge < -0.3 is 10.1 Å². The van der Waals surface area contributed by atoms with E-state index < -0.39 is 10.0 Å². The van der Waals surface area contributed by atoms with E-state index in [1.807, 2.05) is 12.1 Å². The highest BCUT2D eigenvalue weighted by atomic mass is 32.2. The van der Waals surface area contributed by atoms with Crippen molar-refractivity contribution in [2.75, 3.05) is 19.0 Å². The van der Waals surface area contributed by atoms with E-state index in [1.54, 1.807) is 38.3 Å². The summed E-state index contributed by atoms with van der Waals surface area (Å²) in [5, 5.41) is 12.0. The molecule has 2 aromatic rings. The van der Waals surface area contributed by atoms with Gasteiger partial charge in [-0.15, -0.1) is 0 Å². The topological polar surface area (TPSA) is 123 Å². The van der Waals surface area contributed by atoms with Crippen LogP contribution in [0, 0.1) is 0 Å². The van der Waals surface area contributed by atoms with Crippen molar-refractivity contribution in [3.8, 4) is 5.75 Å². The van der Waals surface area contributed by atoms with E-state index in [0.717, 1.165) is 0 Å². The molecule has 9 heteroatoms. The largest absolute Gasteiger partial charge is 0.495 e. The highest BCUT2D eigenvalue weighted by molar-refractivity contribution is 7.89. The molecule has 0 atom stereocenters. The lowest BCUT2D eigenvalue weighted by Gasteiger charge is -2.10. The first-order valence-corrected chi connectivity index (χ1v) is 9.19. The summed E-state index contributed by atoms with van der Waals surface area (Å²) in [4.78, 5) is 11.9. The Morgan fingerprint density at radius 2 is 1.81 bits per heavy atom. The molecule has 0 aliphatic heterocycles. The van der Waals surface area contributed by atoms with Crippen LogP contribution >= 0.6 is 0 Å². The average Bonchev–Trinajstić information content (AvgIpc) is 2.64. The number of hydrazone groups is 1. The quantitative estimate of drug-likeness (QED) is 0.496. The van der Waals surface area contributed by atoms with Crippen molar-refractivity contribution in [3.63, 3.8) is 0 Å². The van der Waals surface area contributed by atoms with E-state index in [9.17, 15) is 13.2 Å². The number of para-hydroxylation sites is 2. The maximum atomic E-state index is 11.9. The molecule has 2 aromatic carbocycles. The van der Waals surface area contributed by atoms with Crippen LogP contribution in [0.4, 0.5) is 5.69 Å². The van der Waals surface area contributed by atoms with Crippen molar-refractivity contribution in [1.82, 2.24) is 5.43 Å². The normalized spacial score (nSPS) is 11.7. The minimum Gasteiger partial charge on any atom is -0.495 e. The van der Waals surface area contributed by atoms with E-state index in [0.29, 0.717) is 22.7 Å². The predicted molar refractivity (Wildman–Crippen MR) is 99.7 cm³/mol. The van der Waals surface area contributed by atoms with Crippen LogP contribution in [0.1, 0.15) is 12.5 Å². The molecule has 0 heterocycles. The molecule has 8 nitrogen and oxygen atoms in total. The van der Waals surface area contributed by atoms with Gasteiger partial charge in [-0.25, -0.2) is 19.0 Å². The van der Waals surface area contributed by atoms with E-state index >= 15 is 0 Å². The number of sulfonamides is 1. The Morgan fingerprint density at radius 3 is 2.42 bits per heavy atom. The molecule has 1 amide bonds. The number of amides is 1. The molecule has 0 fully saturated rings. The molecule has 0 bridgehead atoms. The molecule has 2 rings (SSSR count). The third kappa shape index (κ3) is 5.30. The van der Waals surface area contributed by atoms with Gasteiger partial charge in [0, 0.05) is 0 Å². The minimum absolute atomic E-state index is 0.0130. The number of anilines is 1. The van der Waals surface area contributed by atoms with Crippen molar-refractivity contribution in [3.05, 3.63) is 54.1 Å². The monoisotopic (exact) mass is 376 g/mol. The average molecular weight is 376 g/mol. The molecule has 0 saturated heterocycles. The molecule has 0 aliphatic carbocycles. The highest BCUT2D eigenvalue weighted by Gasteiger charge is 2.08. The molecule has 0 saturated carbocycles. The number of carbonyl (C=O) groups excluding carboxylic acids is 1. The van der Waals surface area contributed by atoms with Gasteiger partial charge in [0.25, 0.3) is 5.91 Å². The Kier molecular flexibility index (Phi) is 6.31. The van der Waals surface area contributed by atoms with E-state index in [-0.39, 0.29) is 17.3 Å². The summed E-state index contributed by atoms with van der Waals surface area (Å²) in [6.07, 6.45) is 0. The number of benzene rings is 2. The zero-order chi connectivity index (χ0) is 19.2. The van der Waals surface area contributed by atoms with Crippen LogP contribution in [0.25, 0.3) is 0 Å². The standard InChI is InChI=1S/C17H20N4O4S/c1-12(13-7-9-14(10-8-13)26(18,23)24)20-21-17(22)11-19-15-5-3-4-6-16(15)25-2/h3-10,19H,11H2,1-2H3,(H,21,22)(H2,18,23,24)/b20-12+. The third-order valence-electron chi connectivity index (χ3n) is 3.50. The van der Waals surface area contributed by atoms with Gasteiger partial charge in [-0.05, 0) is 36.8 Å². The second-order valence-corrected chi connectivity index (χ2v) is 6.92. The summed E-state index contributed by atoms with van der Waals surface area (Å²) >= 11 is 0. The van der Waals surface area contributed by atoms with Gasteiger partial charge in [-0.1, -0.05) is 24.3 Å². The first-order chi connectivity index (χ1) is 12.3. The lowest BCUT2D eigenvalue weighted by Crippen LogP contribution is -2.26. The van der Waals surface area contributed by atoms with Crippen LogP contribution in [-0.4, -0.2) is 33.7 Å². The molecule has 0 aliphatic rings. The molecule has 0 aromatic heterocycles. The zero-order valence-electron chi connectivity index (χ0n) is 14.4. The van der Waals surface area contributed by atoms with Gasteiger partial charge in [-0.2, -0.15) is 5.10 Å². The molecule has 0 spiro atoms. The molecular formula is C17H20N4O4S. The number of nitrogens with zero attached hydrogens (tertiary/aromatic N) is 1. The Balaban J connectivity index is 1.94. The molecule has 26 heavy (non-hydrogen) atoms. The molecule has 0 radical (unpaired) electrons. The Morgan fingerprint density at radius 1 is 1.15 bits per heavy atom. The fraction of sp³-hybridized carbons (Fsp3) is 0.176. The number of carbonyl (C=O) groups is 1. The van der Waals surface area contributed by atoms with E-state index in [4.69, 9.17) is 9.88 Å². The summed E-state index contributed by atoms with van der Waals surface area (Å²) in [6.45, 7) is 1.71. The van der Waals surface area contributed by atoms with Crippen molar-refractivity contribution in [1.29, 1.82) is 0 Å². The van der Waals surface area contributed by atoms with Gasteiger partial charge >= 0.3 is 0 Å². The fourth-order valence-corrected chi connectivity index (χ4v) is 2.62. The van der Waals surface area contributed by atoms with Crippen LogP contribution in [0.5, 0.6) is 5.75 Å². The SMILES string of the molecule is COc1ccccc1NCC(=O)N/N=C(\C)c1ccc(S(N)(=O)=O)cc1. The maximum Gasteiger partial charge on any atom is 0.259 e. The lowest BCUT2D eigenvalue weighted by molar-refractivity contribution is -0.119. The predicted octanol–water partition coefficient (Wildman–Crippen LogP) is 1.29. The highest BCUT2D eigenvalue weighted by Crippen LogP contribution is 2.22. The molecular weight excluding hydrogens is 356 g/mol. The van der Waals surface area contributed by atoms with Crippen LogP contribution in [-0.2, 0) is 14.8 Å². The van der Waals surface area contributed by atoms with Crippen molar-refractivity contribution in [2.45, 2.75) is 11.8 Å². The summed E-state index contributed by atoms with van der Waals surface area (Å²) in [5.41, 5.74) is 4.32. The van der Waals surface area contributed by atoms with Crippen molar-refractivity contribution in [2.24, 2.45) is 10.2 Å². The molecule has 138 valence electrons. The van der Waals surface area contributed by atoms with Gasteiger partial charge in [0.1, 0.15) is 5.75 Å². The summed E-state index contributed by atoms with van der Waals surface area (Å²) in [5.74, 6) is 0.298. The Hall–Kier alpha value is -2.91. The first kappa shape index (κ1) is 19.4. The van der Waals surface area contributed by atoms with Crippen LogP contribution in [0.2, 0.25) is 0 Å². The van der Waals surface area contributed by atoms with E-state index in [2.05, 4.69) is 15.8 Å². The van der Waals surface area contributed by atoms with Gasteiger partial charge in [-0.3, -0.25) is 4.79 Å². The molecule has 4 N–H and O–H groups in total. The van der Waals surface area contributed by atoms with Gasteiger partial charge in [0.15, 0.2) is 0 Å². The summed E-state index contributed by atoms with van der Waals surface area (Å²) in [7, 11) is -2.19. The third-order valence-corrected chi connectivity index (χ3v) is 4.42. The second-order valence-electron chi connectivity index (χ2n) is 5.36. The van der Waals surface area contributed by atoms with Gasteiger partial charge in [0.2, 0.25) is 10.0 Å². The van der Waals surface area contributed by atoms with Crippen molar-refractivity contribution < 1.29 is 17.9 Å². The number of primary sulfonamides is 1. The number of rotatable bonds is 7. The first-order valence-electron chi connectivity index (χ1n) is 7.64. The fourth-order valence-electron chi connectivity index (χ4n) is 2.10. The summed E-state index contributed by atoms with van der Waals surface area (Å²) < 4.78 is 27.7. The number of ether oxygens (including phenoxy) is 1. The Labute approximate surface area is 152 Å². The smallest absolute Gasteiger partial charge is 0.259 e. The number of nitrogens with one attached hydrogen (secondary N) is 2. The molecule has 0 unspecified atom stereocenters. The summed E-state index contributed by atoms with van der Waals surface area (Å²) in [6, 6.07) is 13.1. The number of hydrogen-bond donors (Lipinski definition) is 3. The van der Waals surface area contributed by atoms with Crippen molar-refractivity contribution >= 4 is 27.3 Å². The van der Waals surface area contributed by atoms with Gasteiger partial charge in [0.05, 0.1) is 29.9 Å². The Bertz CT molecular complexity index is 909. The minimum atomic E-state index is -3.74. The maximum absolute atomic E-state index is 11.9. The van der Waals surface area contributed by atoms with Crippen LogP contribution < -0.4 is 20.6 Å². The zero-order valence-corrected chi connectivity index (χ0v) is 15.2. The number of methoxy groups -OCH3 is 1. The number of nitrogens with two attached hydrogens (primary N) is 1. The van der Waals surface area contributed by atoms with Crippen LogP contribution in [0.15, 0.2) is 58.5 Å². The van der Waals surface area contributed by atoms with E-state index in [1.165, 1.54) is 12.1 Å². The van der Waals surface area contributed by atoms with Crippen LogP contribution in [0.3, 0.4) is 0 Å².